The van der Waals surface area contributed by atoms with Gasteiger partial charge >= 0.3 is 0 Å². The zero-order chi connectivity index (χ0) is 18.7. The molecule has 0 heterocycles. The third-order valence-electron chi connectivity index (χ3n) is 3.61. The van der Waals surface area contributed by atoms with Crippen LogP contribution in [0.1, 0.15) is 10.4 Å². The fourth-order valence-corrected chi connectivity index (χ4v) is 3.27. The van der Waals surface area contributed by atoms with E-state index in [0.29, 0.717) is 22.7 Å². The summed E-state index contributed by atoms with van der Waals surface area (Å²) in [4.78, 5) is 11.3. The largest absolute Gasteiger partial charge is 0.351 e. The fourth-order valence-electron chi connectivity index (χ4n) is 2.36. The first kappa shape index (κ1) is 18.6. The van der Waals surface area contributed by atoms with Crippen LogP contribution in [0.15, 0.2) is 54.6 Å². The van der Waals surface area contributed by atoms with Crippen molar-refractivity contribution in [2.45, 2.75) is 0 Å². The van der Waals surface area contributed by atoms with Gasteiger partial charge < -0.3 is 10.6 Å². The molecule has 0 aliphatic carbocycles. The van der Waals surface area contributed by atoms with E-state index in [1.54, 1.807) is 48.5 Å². The molecule has 3 aromatic carbocycles. The van der Waals surface area contributed by atoms with E-state index in [1.165, 1.54) is 0 Å². The van der Waals surface area contributed by atoms with Gasteiger partial charge in [0.2, 0.25) is 0 Å². The molecule has 3 rings (SSSR count). The fraction of sp³-hybridized carbons (Fsp3) is 0. The quantitative estimate of drug-likeness (QED) is 0.320. The van der Waals surface area contributed by atoms with Crippen molar-refractivity contribution in [1.82, 2.24) is 0 Å². The highest BCUT2D eigenvalue weighted by atomic mass is 127. The standard InChI is InChI=1S/C19H12ClF2IN2O/c20-14-9-12(23)6-7-16(14)25-18-11(10-26)8-15(21)19(17(18)22)24-13-4-2-1-3-5-13/h1-10,24-25H. The Morgan fingerprint density at radius 1 is 0.962 bits per heavy atom. The maximum Gasteiger partial charge on any atom is 0.173 e. The van der Waals surface area contributed by atoms with Crippen molar-refractivity contribution in [2.24, 2.45) is 0 Å². The van der Waals surface area contributed by atoms with Crippen molar-refractivity contribution in [3.63, 3.8) is 0 Å². The molecule has 0 atom stereocenters. The van der Waals surface area contributed by atoms with E-state index in [1.807, 2.05) is 0 Å². The molecular weight excluding hydrogens is 473 g/mol. The zero-order valence-corrected chi connectivity index (χ0v) is 16.1. The molecule has 2 N–H and O–H groups in total. The predicted molar refractivity (Wildman–Crippen MR) is 109 cm³/mol. The molecular formula is C19H12ClF2IN2O. The van der Waals surface area contributed by atoms with E-state index in [2.05, 4.69) is 33.2 Å². The minimum absolute atomic E-state index is 0.145. The number of rotatable bonds is 5. The van der Waals surface area contributed by atoms with Crippen LogP contribution < -0.4 is 10.6 Å². The lowest BCUT2D eigenvalue weighted by atomic mass is 10.1. The number of hydrogen-bond donors (Lipinski definition) is 2. The van der Waals surface area contributed by atoms with Gasteiger partial charge in [0.05, 0.1) is 16.4 Å². The molecule has 0 aliphatic heterocycles. The van der Waals surface area contributed by atoms with Gasteiger partial charge in [-0.15, -0.1) is 0 Å². The molecule has 0 radical (unpaired) electrons. The van der Waals surface area contributed by atoms with Gasteiger partial charge in [0.15, 0.2) is 17.9 Å². The first-order chi connectivity index (χ1) is 12.5. The third kappa shape index (κ3) is 3.96. The Bertz CT molecular complexity index is 967. The molecule has 0 bridgehead atoms. The van der Waals surface area contributed by atoms with Crippen LogP contribution in [0.3, 0.4) is 0 Å². The van der Waals surface area contributed by atoms with Crippen LogP contribution in [0.25, 0.3) is 0 Å². The Labute approximate surface area is 167 Å². The molecule has 132 valence electrons. The van der Waals surface area contributed by atoms with E-state index in [-0.39, 0.29) is 16.9 Å². The SMILES string of the molecule is O=Cc1cc(F)c(Nc2ccccc2)c(F)c1Nc1ccc(I)cc1Cl. The molecule has 26 heavy (non-hydrogen) atoms. The number of carbonyl (C=O) groups is 1. The second kappa shape index (κ2) is 8.01. The van der Waals surface area contributed by atoms with Gasteiger partial charge in [0.25, 0.3) is 0 Å². The maximum absolute atomic E-state index is 15.0. The van der Waals surface area contributed by atoms with E-state index in [0.717, 1.165) is 9.64 Å². The maximum atomic E-state index is 15.0. The number of nitrogens with one attached hydrogen (secondary N) is 2. The third-order valence-corrected chi connectivity index (χ3v) is 4.59. The Kier molecular flexibility index (Phi) is 5.73. The summed E-state index contributed by atoms with van der Waals surface area (Å²) in [6, 6.07) is 14.7. The molecule has 3 nitrogen and oxygen atoms in total. The number of halogens is 4. The van der Waals surface area contributed by atoms with Gasteiger partial charge in [-0.3, -0.25) is 4.79 Å². The lowest BCUT2D eigenvalue weighted by Gasteiger charge is -2.16. The first-order valence-electron chi connectivity index (χ1n) is 7.51. The Balaban J connectivity index is 2.06. The van der Waals surface area contributed by atoms with Crippen molar-refractivity contribution in [3.8, 4) is 0 Å². The van der Waals surface area contributed by atoms with E-state index < -0.39 is 11.6 Å². The second-order valence-corrected chi connectivity index (χ2v) is 7.02. The predicted octanol–water partition coefficient (Wildman–Crippen LogP) is 6.52. The lowest BCUT2D eigenvalue weighted by molar-refractivity contribution is 0.112. The Morgan fingerprint density at radius 3 is 2.35 bits per heavy atom. The topological polar surface area (TPSA) is 41.1 Å². The highest BCUT2D eigenvalue weighted by Gasteiger charge is 2.19. The smallest absolute Gasteiger partial charge is 0.173 e. The van der Waals surface area contributed by atoms with Crippen LogP contribution in [0.5, 0.6) is 0 Å². The van der Waals surface area contributed by atoms with Crippen LogP contribution in [0.2, 0.25) is 5.02 Å². The molecule has 0 saturated heterocycles. The van der Waals surface area contributed by atoms with Crippen molar-refractivity contribution in [1.29, 1.82) is 0 Å². The molecule has 0 aliphatic rings. The zero-order valence-electron chi connectivity index (χ0n) is 13.2. The molecule has 0 unspecified atom stereocenters. The monoisotopic (exact) mass is 484 g/mol. The van der Waals surface area contributed by atoms with Gasteiger partial charge in [-0.2, -0.15) is 0 Å². The van der Waals surface area contributed by atoms with Gasteiger partial charge in [-0.1, -0.05) is 29.8 Å². The normalized spacial score (nSPS) is 10.5. The summed E-state index contributed by atoms with van der Waals surface area (Å²) in [6.45, 7) is 0. The Hall–Kier alpha value is -2.19. The summed E-state index contributed by atoms with van der Waals surface area (Å²) < 4.78 is 30.2. The van der Waals surface area contributed by atoms with Crippen molar-refractivity contribution >= 4 is 63.2 Å². The summed E-state index contributed by atoms with van der Waals surface area (Å²) in [7, 11) is 0. The van der Waals surface area contributed by atoms with Crippen molar-refractivity contribution in [2.75, 3.05) is 10.6 Å². The minimum atomic E-state index is -0.912. The molecule has 0 spiro atoms. The van der Waals surface area contributed by atoms with Crippen LogP contribution >= 0.6 is 34.2 Å². The molecule has 0 fully saturated rings. The van der Waals surface area contributed by atoms with Crippen LogP contribution in [0, 0.1) is 15.2 Å². The molecule has 0 amide bonds. The molecule has 0 aromatic heterocycles. The number of carbonyl (C=O) groups excluding carboxylic acids is 1. The van der Waals surface area contributed by atoms with Gasteiger partial charge in [-0.25, -0.2) is 8.78 Å². The number of anilines is 4. The Morgan fingerprint density at radius 2 is 1.69 bits per heavy atom. The van der Waals surface area contributed by atoms with Gasteiger partial charge in [-0.05, 0) is 59.0 Å². The van der Waals surface area contributed by atoms with E-state index >= 15 is 0 Å². The van der Waals surface area contributed by atoms with Gasteiger partial charge in [0, 0.05) is 14.8 Å². The van der Waals surface area contributed by atoms with Crippen LogP contribution in [0.4, 0.5) is 31.5 Å². The average molecular weight is 485 g/mol. The molecule has 0 saturated carbocycles. The van der Waals surface area contributed by atoms with Crippen molar-refractivity contribution < 1.29 is 13.6 Å². The summed E-state index contributed by atoms with van der Waals surface area (Å²) in [6.07, 6.45) is 0.390. The number of benzene rings is 3. The number of aldehydes is 1. The van der Waals surface area contributed by atoms with Gasteiger partial charge in [0.1, 0.15) is 5.69 Å². The second-order valence-electron chi connectivity index (χ2n) is 5.37. The lowest BCUT2D eigenvalue weighted by Crippen LogP contribution is -2.06. The summed E-state index contributed by atoms with van der Waals surface area (Å²) in [5, 5.41) is 5.85. The van der Waals surface area contributed by atoms with E-state index in [4.69, 9.17) is 11.6 Å². The van der Waals surface area contributed by atoms with Crippen LogP contribution in [-0.4, -0.2) is 6.29 Å². The van der Waals surface area contributed by atoms with E-state index in [9.17, 15) is 13.6 Å². The summed E-state index contributed by atoms with van der Waals surface area (Å²) >= 11 is 8.25. The summed E-state index contributed by atoms with van der Waals surface area (Å²) in [5.74, 6) is -1.78. The van der Waals surface area contributed by atoms with Crippen LogP contribution in [-0.2, 0) is 0 Å². The number of para-hydroxylation sites is 1. The highest BCUT2D eigenvalue weighted by Crippen LogP contribution is 2.35. The number of hydrogen-bond acceptors (Lipinski definition) is 3. The average Bonchev–Trinajstić information content (AvgIpc) is 2.63. The summed E-state index contributed by atoms with van der Waals surface area (Å²) in [5.41, 5.74) is 0.274. The highest BCUT2D eigenvalue weighted by molar-refractivity contribution is 14.1. The van der Waals surface area contributed by atoms with Crippen molar-refractivity contribution in [3.05, 3.63) is 80.4 Å². The molecule has 7 heteroatoms. The molecule has 3 aromatic rings. The first-order valence-corrected chi connectivity index (χ1v) is 8.96. The minimum Gasteiger partial charge on any atom is -0.351 e.